The number of allylic oxidation sites excluding steroid dienone is 5. The largest absolute Gasteiger partial charge is 0.495 e. The second kappa shape index (κ2) is 11.9. The van der Waals surface area contributed by atoms with Gasteiger partial charge in [-0.15, -0.1) is 0 Å². The number of fused-ring (bicyclic) bond motifs is 1. The lowest BCUT2D eigenvalue weighted by Gasteiger charge is -2.19. The SMILES string of the molecule is COc1c(C)c(OC/C=C(\C)CC/C=C(\C)CCC=C(C)C)c(CO)c2c1C(=O)OC2O. The predicted molar refractivity (Wildman–Crippen MR) is 125 cm³/mol. The Kier molecular flexibility index (Phi) is 9.54. The lowest BCUT2D eigenvalue weighted by Crippen LogP contribution is -2.09. The van der Waals surface area contributed by atoms with Crippen LogP contribution in [-0.4, -0.2) is 29.9 Å². The fourth-order valence-electron chi connectivity index (χ4n) is 3.82. The van der Waals surface area contributed by atoms with Gasteiger partial charge in [-0.05, 0) is 66.4 Å². The summed E-state index contributed by atoms with van der Waals surface area (Å²) in [6.45, 7) is 10.1. The number of benzene rings is 1. The molecule has 0 spiro atoms. The smallest absolute Gasteiger partial charge is 0.345 e. The summed E-state index contributed by atoms with van der Waals surface area (Å²) in [6, 6.07) is 0. The molecule has 6 nitrogen and oxygen atoms in total. The van der Waals surface area contributed by atoms with Crippen molar-refractivity contribution in [1.29, 1.82) is 0 Å². The zero-order chi connectivity index (χ0) is 23.8. The summed E-state index contributed by atoms with van der Waals surface area (Å²) >= 11 is 0. The highest BCUT2D eigenvalue weighted by Crippen LogP contribution is 2.45. The molecule has 0 amide bonds. The number of hydrogen-bond donors (Lipinski definition) is 2. The van der Waals surface area contributed by atoms with E-state index < -0.39 is 18.9 Å². The zero-order valence-electron chi connectivity index (χ0n) is 20.1. The normalized spacial score (nSPS) is 16.0. The van der Waals surface area contributed by atoms with Crippen molar-refractivity contribution in [3.05, 3.63) is 57.2 Å². The monoisotopic (exact) mass is 444 g/mol. The first kappa shape index (κ1) is 25.7. The number of carbonyl (C=O) groups is 1. The van der Waals surface area contributed by atoms with Crippen LogP contribution in [-0.2, 0) is 11.3 Å². The number of rotatable bonds is 11. The van der Waals surface area contributed by atoms with Crippen molar-refractivity contribution in [3.63, 3.8) is 0 Å². The maximum atomic E-state index is 12.1. The molecule has 0 saturated carbocycles. The van der Waals surface area contributed by atoms with E-state index in [2.05, 4.69) is 39.8 Å². The Labute approximate surface area is 191 Å². The Morgan fingerprint density at radius 3 is 2.25 bits per heavy atom. The molecule has 1 aliphatic heterocycles. The van der Waals surface area contributed by atoms with Gasteiger partial charge < -0.3 is 24.4 Å². The van der Waals surface area contributed by atoms with Crippen LogP contribution in [0.2, 0.25) is 0 Å². The van der Waals surface area contributed by atoms with Gasteiger partial charge in [0.25, 0.3) is 0 Å². The zero-order valence-corrected chi connectivity index (χ0v) is 20.1. The summed E-state index contributed by atoms with van der Waals surface area (Å²) in [7, 11) is 1.45. The summed E-state index contributed by atoms with van der Waals surface area (Å²) in [4.78, 5) is 12.1. The fraction of sp³-hybridized carbons (Fsp3) is 0.500. The van der Waals surface area contributed by atoms with Crippen molar-refractivity contribution < 1.29 is 29.2 Å². The van der Waals surface area contributed by atoms with Crippen molar-refractivity contribution >= 4 is 5.97 Å². The Morgan fingerprint density at radius 2 is 1.66 bits per heavy atom. The molecule has 2 rings (SSSR count). The van der Waals surface area contributed by atoms with E-state index in [4.69, 9.17) is 14.2 Å². The Balaban J connectivity index is 2.06. The third kappa shape index (κ3) is 6.24. The number of hydrogen-bond acceptors (Lipinski definition) is 6. The minimum absolute atomic E-state index is 0.146. The van der Waals surface area contributed by atoms with Gasteiger partial charge in [0.15, 0.2) is 0 Å². The van der Waals surface area contributed by atoms with Crippen molar-refractivity contribution in [2.75, 3.05) is 13.7 Å². The van der Waals surface area contributed by atoms with Gasteiger partial charge in [-0.25, -0.2) is 4.79 Å². The highest BCUT2D eigenvalue weighted by molar-refractivity contribution is 5.98. The molecule has 176 valence electrons. The van der Waals surface area contributed by atoms with E-state index >= 15 is 0 Å². The first-order valence-electron chi connectivity index (χ1n) is 11.0. The minimum atomic E-state index is -1.44. The van der Waals surface area contributed by atoms with Gasteiger partial charge in [0.1, 0.15) is 23.7 Å². The Morgan fingerprint density at radius 1 is 1.03 bits per heavy atom. The molecule has 1 aromatic carbocycles. The van der Waals surface area contributed by atoms with Gasteiger partial charge in [-0.1, -0.05) is 28.9 Å². The van der Waals surface area contributed by atoms with Crippen LogP contribution in [0.1, 0.15) is 86.7 Å². The van der Waals surface area contributed by atoms with E-state index in [9.17, 15) is 15.0 Å². The molecule has 6 heteroatoms. The molecule has 1 heterocycles. The average Bonchev–Trinajstić information content (AvgIpc) is 3.02. The highest BCUT2D eigenvalue weighted by atomic mass is 16.6. The van der Waals surface area contributed by atoms with E-state index in [0.29, 0.717) is 29.2 Å². The third-order valence-corrected chi connectivity index (χ3v) is 5.59. The number of aliphatic hydroxyl groups excluding tert-OH is 2. The van der Waals surface area contributed by atoms with Gasteiger partial charge in [0.2, 0.25) is 6.29 Å². The Hall–Kier alpha value is -2.57. The summed E-state index contributed by atoms with van der Waals surface area (Å²) in [5, 5.41) is 20.1. The highest BCUT2D eigenvalue weighted by Gasteiger charge is 2.38. The fourth-order valence-corrected chi connectivity index (χ4v) is 3.82. The van der Waals surface area contributed by atoms with Crippen LogP contribution in [0.25, 0.3) is 0 Å². The summed E-state index contributed by atoms with van der Waals surface area (Å²) in [6.07, 6.45) is 9.18. The first-order chi connectivity index (χ1) is 15.2. The molecule has 0 radical (unpaired) electrons. The van der Waals surface area contributed by atoms with E-state index in [1.807, 2.05) is 6.08 Å². The maximum absolute atomic E-state index is 12.1. The van der Waals surface area contributed by atoms with Crippen LogP contribution < -0.4 is 9.47 Å². The van der Waals surface area contributed by atoms with E-state index in [1.54, 1.807) is 6.92 Å². The standard InChI is InChI=1S/C26H36O6/c1-16(2)9-7-10-17(3)11-8-12-18(4)13-14-31-23-19(5)24(30-6)22-21(20(23)15-27)25(28)32-26(22)29/h9,11,13,25,27-28H,7-8,10,12,14-15H2,1-6H3/b17-11+,18-13+. The number of cyclic esters (lactones) is 1. The van der Waals surface area contributed by atoms with Crippen LogP contribution in [0.4, 0.5) is 0 Å². The molecule has 0 saturated heterocycles. The number of carbonyl (C=O) groups excluding carboxylic acids is 1. The summed E-state index contributed by atoms with van der Waals surface area (Å²) in [5.74, 6) is 0.0244. The van der Waals surface area contributed by atoms with Crippen molar-refractivity contribution in [2.24, 2.45) is 0 Å². The number of methoxy groups -OCH3 is 1. The molecule has 0 aromatic heterocycles. The minimum Gasteiger partial charge on any atom is -0.495 e. The molecule has 1 aromatic rings. The maximum Gasteiger partial charge on any atom is 0.345 e. The van der Waals surface area contributed by atoms with Crippen LogP contribution in [0, 0.1) is 6.92 Å². The number of ether oxygens (including phenoxy) is 3. The molecular weight excluding hydrogens is 408 g/mol. The van der Waals surface area contributed by atoms with E-state index in [1.165, 1.54) is 23.8 Å². The van der Waals surface area contributed by atoms with Crippen molar-refractivity contribution in [2.45, 2.75) is 73.2 Å². The average molecular weight is 445 g/mol. The molecule has 0 fully saturated rings. The molecule has 1 unspecified atom stereocenters. The van der Waals surface area contributed by atoms with Gasteiger partial charge >= 0.3 is 5.97 Å². The van der Waals surface area contributed by atoms with Crippen molar-refractivity contribution in [3.8, 4) is 11.5 Å². The second-order valence-corrected chi connectivity index (χ2v) is 8.44. The molecular formula is C26H36O6. The predicted octanol–water partition coefficient (Wildman–Crippen LogP) is 5.46. The van der Waals surface area contributed by atoms with Crippen molar-refractivity contribution in [1.82, 2.24) is 0 Å². The molecule has 0 aliphatic carbocycles. The number of aliphatic hydroxyl groups is 2. The second-order valence-electron chi connectivity index (χ2n) is 8.44. The van der Waals surface area contributed by atoms with E-state index in [0.717, 1.165) is 25.7 Å². The quantitative estimate of drug-likeness (QED) is 0.348. The van der Waals surface area contributed by atoms with Crippen LogP contribution in [0.3, 0.4) is 0 Å². The Bertz CT molecular complexity index is 919. The molecule has 1 aliphatic rings. The number of esters is 1. The summed E-state index contributed by atoms with van der Waals surface area (Å²) < 4.78 is 16.3. The molecule has 2 N–H and O–H groups in total. The van der Waals surface area contributed by atoms with Gasteiger partial charge in [-0.2, -0.15) is 0 Å². The molecule has 32 heavy (non-hydrogen) atoms. The third-order valence-electron chi connectivity index (χ3n) is 5.59. The van der Waals surface area contributed by atoms with Gasteiger partial charge in [0.05, 0.1) is 13.7 Å². The van der Waals surface area contributed by atoms with Gasteiger partial charge in [-0.3, -0.25) is 0 Å². The summed E-state index contributed by atoms with van der Waals surface area (Å²) in [5.41, 5.74) is 5.24. The van der Waals surface area contributed by atoms with Crippen LogP contribution >= 0.6 is 0 Å². The lowest BCUT2D eigenvalue weighted by molar-refractivity contribution is -0.0556. The topological polar surface area (TPSA) is 85.2 Å². The molecule has 1 atom stereocenters. The lowest BCUT2D eigenvalue weighted by atomic mass is 9.96. The van der Waals surface area contributed by atoms with E-state index in [-0.39, 0.29) is 11.1 Å². The van der Waals surface area contributed by atoms with Gasteiger partial charge in [0, 0.05) is 16.7 Å². The molecule has 0 bridgehead atoms. The first-order valence-corrected chi connectivity index (χ1v) is 11.0. The van der Waals surface area contributed by atoms with Crippen LogP contribution in [0.15, 0.2) is 34.9 Å². The van der Waals surface area contributed by atoms with Crippen LogP contribution in [0.5, 0.6) is 11.5 Å².